The lowest BCUT2D eigenvalue weighted by Crippen LogP contribution is -2.28. The van der Waals surface area contributed by atoms with Gasteiger partial charge in [0.15, 0.2) is 11.5 Å². The largest absolute Gasteiger partial charge is 0.493 e. The molecule has 1 aliphatic rings. The van der Waals surface area contributed by atoms with Gasteiger partial charge in [0.1, 0.15) is 0 Å². The summed E-state index contributed by atoms with van der Waals surface area (Å²) in [5.41, 5.74) is 1.12. The quantitative estimate of drug-likeness (QED) is 0.495. The Morgan fingerprint density at radius 3 is 2.26 bits per heavy atom. The lowest BCUT2D eigenvalue weighted by molar-refractivity contribution is -0.122. The highest BCUT2D eigenvalue weighted by Gasteiger charge is 2.35. The van der Waals surface area contributed by atoms with E-state index >= 15 is 0 Å². The molecular formula is C25H25N3O6S. The van der Waals surface area contributed by atoms with E-state index in [0.717, 1.165) is 0 Å². The Hall–Kier alpha value is -4.05. The Morgan fingerprint density at radius 1 is 0.914 bits per heavy atom. The van der Waals surface area contributed by atoms with Gasteiger partial charge < -0.3 is 19.7 Å². The van der Waals surface area contributed by atoms with Gasteiger partial charge in [-0.2, -0.15) is 0 Å². The number of rotatable bonds is 8. The van der Waals surface area contributed by atoms with Crippen molar-refractivity contribution in [3.05, 3.63) is 72.8 Å². The van der Waals surface area contributed by atoms with E-state index < -0.39 is 15.9 Å². The first kappa shape index (κ1) is 24.1. The molecule has 4 rings (SSSR count). The molecule has 0 bridgehead atoms. The summed E-state index contributed by atoms with van der Waals surface area (Å²) in [6.07, 6.45) is 0.0259. The normalized spacial score (nSPS) is 15.5. The first-order chi connectivity index (χ1) is 16.8. The maximum Gasteiger partial charge on any atom is 0.261 e. The predicted molar refractivity (Wildman–Crippen MR) is 132 cm³/mol. The summed E-state index contributed by atoms with van der Waals surface area (Å²) < 4.78 is 38.6. The van der Waals surface area contributed by atoms with Gasteiger partial charge in [0.05, 0.1) is 36.4 Å². The van der Waals surface area contributed by atoms with Crippen LogP contribution in [0.1, 0.15) is 6.42 Å². The second-order valence-corrected chi connectivity index (χ2v) is 9.58. The van der Waals surface area contributed by atoms with Crippen molar-refractivity contribution in [1.29, 1.82) is 0 Å². The van der Waals surface area contributed by atoms with E-state index in [0.29, 0.717) is 22.9 Å². The van der Waals surface area contributed by atoms with Crippen molar-refractivity contribution in [2.75, 3.05) is 35.7 Å². The van der Waals surface area contributed by atoms with E-state index in [1.165, 1.54) is 31.3 Å². The summed E-state index contributed by atoms with van der Waals surface area (Å²) in [6.45, 7) is 0.179. The van der Waals surface area contributed by atoms with Crippen LogP contribution in [0.4, 0.5) is 17.1 Å². The number of hydrogen-bond acceptors (Lipinski definition) is 6. The van der Waals surface area contributed by atoms with E-state index in [4.69, 9.17) is 9.47 Å². The molecule has 3 aromatic carbocycles. The van der Waals surface area contributed by atoms with Gasteiger partial charge in [0, 0.05) is 24.7 Å². The number of hydrogen-bond donors (Lipinski definition) is 2. The summed E-state index contributed by atoms with van der Waals surface area (Å²) in [6, 6.07) is 19.6. The fraction of sp³-hybridized carbons (Fsp3) is 0.200. The number of methoxy groups -OCH3 is 2. The molecule has 0 saturated carbocycles. The van der Waals surface area contributed by atoms with Gasteiger partial charge in [-0.05, 0) is 36.4 Å². The molecule has 1 atom stereocenters. The summed E-state index contributed by atoms with van der Waals surface area (Å²) in [7, 11) is -0.811. The van der Waals surface area contributed by atoms with Crippen LogP contribution in [0.5, 0.6) is 11.5 Å². The Labute approximate surface area is 203 Å². The molecule has 35 heavy (non-hydrogen) atoms. The number of carbonyl (C=O) groups is 2. The Balaban J connectivity index is 1.49. The van der Waals surface area contributed by atoms with Gasteiger partial charge >= 0.3 is 0 Å². The minimum atomic E-state index is -3.84. The maximum atomic E-state index is 13.0. The van der Waals surface area contributed by atoms with Gasteiger partial charge in [0.2, 0.25) is 11.8 Å². The van der Waals surface area contributed by atoms with Crippen LogP contribution in [0, 0.1) is 5.92 Å². The molecule has 0 spiro atoms. The van der Waals surface area contributed by atoms with Crippen LogP contribution in [-0.2, 0) is 19.6 Å². The number of nitrogens with zero attached hydrogens (tertiary/aromatic N) is 1. The topological polar surface area (TPSA) is 114 Å². The molecule has 0 aliphatic carbocycles. The van der Waals surface area contributed by atoms with E-state index in [9.17, 15) is 18.0 Å². The lowest BCUT2D eigenvalue weighted by atomic mass is 10.1. The fourth-order valence-corrected chi connectivity index (χ4v) is 4.95. The average Bonchev–Trinajstić information content (AvgIpc) is 3.27. The van der Waals surface area contributed by atoms with Gasteiger partial charge in [-0.3, -0.25) is 14.3 Å². The van der Waals surface area contributed by atoms with Crippen molar-refractivity contribution in [2.24, 2.45) is 5.92 Å². The smallest absolute Gasteiger partial charge is 0.261 e. The molecule has 3 aromatic rings. The van der Waals surface area contributed by atoms with Crippen molar-refractivity contribution in [2.45, 2.75) is 11.3 Å². The summed E-state index contributed by atoms with van der Waals surface area (Å²) in [5.74, 6) is -0.186. The minimum absolute atomic E-state index is 0.0259. The highest BCUT2D eigenvalue weighted by molar-refractivity contribution is 7.92. The van der Waals surface area contributed by atoms with Crippen molar-refractivity contribution < 1.29 is 27.5 Å². The first-order valence-electron chi connectivity index (χ1n) is 10.8. The van der Waals surface area contributed by atoms with Crippen LogP contribution in [-0.4, -0.2) is 41.0 Å². The van der Waals surface area contributed by atoms with Crippen LogP contribution < -0.4 is 24.4 Å². The molecule has 10 heteroatoms. The predicted octanol–water partition coefficient (Wildman–Crippen LogP) is 3.50. The van der Waals surface area contributed by atoms with Crippen molar-refractivity contribution in [1.82, 2.24) is 0 Å². The Kier molecular flexibility index (Phi) is 6.92. The number of amides is 2. The number of nitrogens with one attached hydrogen (secondary N) is 2. The maximum absolute atomic E-state index is 13.0. The summed E-state index contributed by atoms with van der Waals surface area (Å²) >= 11 is 0. The van der Waals surface area contributed by atoms with E-state index in [-0.39, 0.29) is 35.4 Å². The van der Waals surface area contributed by atoms with E-state index in [1.807, 2.05) is 0 Å². The standard InChI is InChI=1S/C25H25N3O6S/c1-33-22-13-12-18(15-23(22)34-2)28-16-17(14-24(28)29)25(30)26-20-10-6-7-11-21(20)27-35(31,32)19-8-4-3-5-9-19/h3-13,15,17,27H,14,16H2,1-2H3,(H,26,30). The Bertz CT molecular complexity index is 1340. The molecule has 1 unspecified atom stereocenters. The molecule has 9 nitrogen and oxygen atoms in total. The molecule has 0 radical (unpaired) electrons. The second kappa shape index (κ2) is 10.1. The third-order valence-electron chi connectivity index (χ3n) is 5.66. The molecule has 1 heterocycles. The number of sulfonamides is 1. The number of para-hydroxylation sites is 2. The van der Waals surface area contributed by atoms with Crippen molar-refractivity contribution in [3.63, 3.8) is 0 Å². The van der Waals surface area contributed by atoms with Gasteiger partial charge in [-0.15, -0.1) is 0 Å². The number of ether oxygens (including phenoxy) is 2. The van der Waals surface area contributed by atoms with Gasteiger partial charge in [-0.25, -0.2) is 8.42 Å². The molecule has 1 fully saturated rings. The third kappa shape index (κ3) is 5.22. The minimum Gasteiger partial charge on any atom is -0.493 e. The molecule has 182 valence electrons. The van der Waals surface area contributed by atoms with Crippen LogP contribution >= 0.6 is 0 Å². The zero-order valence-electron chi connectivity index (χ0n) is 19.2. The molecule has 1 saturated heterocycles. The lowest BCUT2D eigenvalue weighted by Gasteiger charge is -2.19. The van der Waals surface area contributed by atoms with Gasteiger partial charge in [0.25, 0.3) is 10.0 Å². The fourth-order valence-electron chi connectivity index (χ4n) is 3.84. The second-order valence-electron chi connectivity index (χ2n) is 7.90. The highest BCUT2D eigenvalue weighted by Crippen LogP contribution is 2.34. The van der Waals surface area contributed by atoms with E-state index in [2.05, 4.69) is 10.0 Å². The highest BCUT2D eigenvalue weighted by atomic mass is 32.2. The zero-order chi connectivity index (χ0) is 25.0. The third-order valence-corrected chi connectivity index (χ3v) is 7.04. The molecule has 0 aromatic heterocycles. The molecule has 1 aliphatic heterocycles. The van der Waals surface area contributed by atoms with Crippen molar-refractivity contribution >= 4 is 38.9 Å². The van der Waals surface area contributed by atoms with Gasteiger partial charge in [-0.1, -0.05) is 30.3 Å². The van der Waals surface area contributed by atoms with Crippen molar-refractivity contribution in [3.8, 4) is 11.5 Å². The zero-order valence-corrected chi connectivity index (χ0v) is 20.0. The van der Waals surface area contributed by atoms with Crippen LogP contribution in [0.2, 0.25) is 0 Å². The van der Waals surface area contributed by atoms with Crippen LogP contribution in [0.3, 0.4) is 0 Å². The average molecular weight is 496 g/mol. The summed E-state index contributed by atoms with van der Waals surface area (Å²) in [5, 5.41) is 2.77. The number of benzene rings is 3. The SMILES string of the molecule is COc1ccc(N2CC(C(=O)Nc3ccccc3NS(=O)(=O)c3ccccc3)CC2=O)cc1OC. The first-order valence-corrected chi connectivity index (χ1v) is 12.3. The number of carbonyl (C=O) groups excluding carboxylic acids is 2. The monoisotopic (exact) mass is 495 g/mol. The Morgan fingerprint density at radius 2 is 1.57 bits per heavy atom. The molecular weight excluding hydrogens is 470 g/mol. The molecule has 2 N–H and O–H groups in total. The summed E-state index contributed by atoms with van der Waals surface area (Å²) in [4.78, 5) is 27.4. The van der Waals surface area contributed by atoms with Crippen LogP contribution in [0.25, 0.3) is 0 Å². The molecule has 2 amide bonds. The number of anilines is 3. The van der Waals surface area contributed by atoms with Crippen LogP contribution in [0.15, 0.2) is 77.7 Å². The van der Waals surface area contributed by atoms with E-state index in [1.54, 1.807) is 60.7 Å².